The maximum Gasteiger partial charge on any atom is 0.216 e. The number of aliphatic hydroxyl groups is 2. The van der Waals surface area contributed by atoms with Gasteiger partial charge in [-0.15, -0.1) is 0 Å². The highest BCUT2D eigenvalue weighted by atomic mass is 16.3. The van der Waals surface area contributed by atoms with Crippen LogP contribution in [0.4, 0.5) is 0 Å². The Morgan fingerprint density at radius 1 is 1.31 bits per heavy atom. The number of aliphatic hydroxyl groups excluding tert-OH is 2. The summed E-state index contributed by atoms with van der Waals surface area (Å²) in [5.41, 5.74) is 0. The number of hydrogen-bond donors (Lipinski definition) is 3. The van der Waals surface area contributed by atoms with Gasteiger partial charge in [0, 0.05) is 32.6 Å². The van der Waals surface area contributed by atoms with E-state index in [0.717, 1.165) is 19.3 Å². The first-order valence-corrected chi connectivity index (χ1v) is 4.66. The molecule has 0 heterocycles. The summed E-state index contributed by atoms with van der Waals surface area (Å²) in [6.45, 7) is 2.25. The molecule has 0 unspecified atom stereocenters. The summed E-state index contributed by atoms with van der Waals surface area (Å²) in [4.78, 5) is 10.5. The molecular weight excluding hydrogens is 170 g/mol. The van der Waals surface area contributed by atoms with Crippen LogP contribution in [0.25, 0.3) is 0 Å². The Morgan fingerprint density at radius 2 is 1.92 bits per heavy atom. The minimum absolute atomic E-state index is 0.00247. The zero-order chi connectivity index (χ0) is 10.1. The molecule has 1 amide bonds. The molecule has 0 aromatic carbocycles. The van der Waals surface area contributed by atoms with Gasteiger partial charge in [0.2, 0.25) is 5.91 Å². The first kappa shape index (κ1) is 12.4. The molecule has 0 radical (unpaired) electrons. The molecular formula is C9H19NO3. The molecule has 0 rings (SSSR count). The topological polar surface area (TPSA) is 69.6 Å². The fourth-order valence-electron chi connectivity index (χ4n) is 1.06. The van der Waals surface area contributed by atoms with Gasteiger partial charge in [-0.1, -0.05) is 6.42 Å². The fraction of sp³-hybridized carbons (Fsp3) is 0.889. The van der Waals surface area contributed by atoms with Crippen LogP contribution in [0.15, 0.2) is 0 Å². The van der Waals surface area contributed by atoms with E-state index in [0.29, 0.717) is 6.54 Å². The number of hydrogen-bond acceptors (Lipinski definition) is 3. The molecule has 0 aliphatic rings. The van der Waals surface area contributed by atoms with Crippen molar-refractivity contribution >= 4 is 5.91 Å². The molecule has 13 heavy (non-hydrogen) atoms. The van der Waals surface area contributed by atoms with E-state index in [1.807, 2.05) is 0 Å². The Morgan fingerprint density at radius 3 is 2.38 bits per heavy atom. The summed E-state index contributed by atoms with van der Waals surface area (Å²) < 4.78 is 0. The molecule has 0 aliphatic carbocycles. The average molecular weight is 189 g/mol. The Bertz CT molecular complexity index is 135. The van der Waals surface area contributed by atoms with Crippen molar-refractivity contribution in [3.63, 3.8) is 0 Å². The van der Waals surface area contributed by atoms with Gasteiger partial charge in [0.25, 0.3) is 0 Å². The zero-order valence-electron chi connectivity index (χ0n) is 8.12. The molecule has 78 valence electrons. The molecule has 3 N–H and O–H groups in total. The van der Waals surface area contributed by atoms with Gasteiger partial charge < -0.3 is 15.5 Å². The second-order valence-corrected chi connectivity index (χ2v) is 3.21. The third kappa shape index (κ3) is 7.74. The van der Waals surface area contributed by atoms with Crippen LogP contribution in [0.5, 0.6) is 0 Å². The molecule has 0 saturated heterocycles. The van der Waals surface area contributed by atoms with Crippen LogP contribution in [0.1, 0.15) is 26.2 Å². The van der Waals surface area contributed by atoms with Gasteiger partial charge in [0.15, 0.2) is 0 Å². The number of carbonyl (C=O) groups excluding carboxylic acids is 1. The van der Waals surface area contributed by atoms with E-state index >= 15 is 0 Å². The molecule has 0 atom stereocenters. The highest BCUT2D eigenvalue weighted by molar-refractivity contribution is 5.72. The van der Waals surface area contributed by atoms with E-state index in [4.69, 9.17) is 10.2 Å². The minimum atomic E-state index is -0.0131. The number of amides is 1. The Labute approximate surface area is 79.0 Å². The van der Waals surface area contributed by atoms with Crippen LogP contribution in [0.2, 0.25) is 0 Å². The lowest BCUT2D eigenvalue weighted by Gasteiger charge is -2.09. The van der Waals surface area contributed by atoms with E-state index < -0.39 is 0 Å². The van der Waals surface area contributed by atoms with Crippen LogP contribution in [0.3, 0.4) is 0 Å². The van der Waals surface area contributed by atoms with Crippen molar-refractivity contribution in [2.75, 3.05) is 19.8 Å². The van der Waals surface area contributed by atoms with E-state index in [1.54, 1.807) is 0 Å². The van der Waals surface area contributed by atoms with Gasteiger partial charge in [0.1, 0.15) is 0 Å². The lowest BCUT2D eigenvalue weighted by Crippen LogP contribution is -2.21. The maximum absolute atomic E-state index is 10.5. The maximum atomic E-state index is 10.5. The predicted octanol–water partition coefficient (Wildman–Crippen LogP) is -0.106. The third-order valence-corrected chi connectivity index (χ3v) is 1.93. The SMILES string of the molecule is CC(=O)NCCCCC(CO)CO. The summed E-state index contributed by atoms with van der Waals surface area (Å²) in [6.07, 6.45) is 2.63. The van der Waals surface area contributed by atoms with Crippen LogP contribution >= 0.6 is 0 Å². The highest BCUT2D eigenvalue weighted by Gasteiger charge is 2.04. The lowest BCUT2D eigenvalue weighted by atomic mass is 10.0. The monoisotopic (exact) mass is 189 g/mol. The number of unbranched alkanes of at least 4 members (excludes halogenated alkanes) is 1. The fourth-order valence-corrected chi connectivity index (χ4v) is 1.06. The van der Waals surface area contributed by atoms with Gasteiger partial charge in [-0.25, -0.2) is 0 Å². The summed E-state index contributed by atoms with van der Waals surface area (Å²) in [5.74, 6) is -0.0156. The molecule has 4 heteroatoms. The van der Waals surface area contributed by atoms with E-state index in [2.05, 4.69) is 5.32 Å². The van der Waals surface area contributed by atoms with Gasteiger partial charge in [0.05, 0.1) is 0 Å². The van der Waals surface area contributed by atoms with E-state index in [-0.39, 0.29) is 25.0 Å². The first-order valence-electron chi connectivity index (χ1n) is 4.66. The van der Waals surface area contributed by atoms with Crippen molar-refractivity contribution in [1.82, 2.24) is 5.32 Å². The number of rotatable bonds is 7. The Balaban J connectivity index is 3.19. The van der Waals surface area contributed by atoms with Crippen LogP contribution in [0, 0.1) is 5.92 Å². The predicted molar refractivity (Wildman–Crippen MR) is 50.2 cm³/mol. The molecule has 0 aromatic rings. The van der Waals surface area contributed by atoms with Crippen LogP contribution in [-0.4, -0.2) is 35.9 Å². The molecule has 0 fully saturated rings. The molecule has 0 spiro atoms. The summed E-state index contributed by atoms with van der Waals surface area (Å²) >= 11 is 0. The van der Waals surface area contributed by atoms with E-state index in [1.165, 1.54) is 6.92 Å². The normalized spacial score (nSPS) is 10.5. The van der Waals surface area contributed by atoms with Gasteiger partial charge in [-0.3, -0.25) is 4.79 Å². The largest absolute Gasteiger partial charge is 0.396 e. The smallest absolute Gasteiger partial charge is 0.216 e. The van der Waals surface area contributed by atoms with Crippen LogP contribution < -0.4 is 5.32 Å². The van der Waals surface area contributed by atoms with Gasteiger partial charge >= 0.3 is 0 Å². The van der Waals surface area contributed by atoms with Crippen molar-refractivity contribution in [2.45, 2.75) is 26.2 Å². The van der Waals surface area contributed by atoms with Crippen molar-refractivity contribution in [2.24, 2.45) is 5.92 Å². The second kappa shape index (κ2) is 8.01. The molecule has 0 aliphatic heterocycles. The lowest BCUT2D eigenvalue weighted by molar-refractivity contribution is -0.118. The standard InChI is InChI=1S/C9H19NO3/c1-8(13)10-5-3-2-4-9(6-11)7-12/h9,11-12H,2-7H2,1H3,(H,10,13). The quantitative estimate of drug-likeness (QED) is 0.490. The highest BCUT2D eigenvalue weighted by Crippen LogP contribution is 2.06. The third-order valence-electron chi connectivity index (χ3n) is 1.93. The zero-order valence-corrected chi connectivity index (χ0v) is 8.12. The molecule has 0 bridgehead atoms. The van der Waals surface area contributed by atoms with Crippen molar-refractivity contribution in [3.05, 3.63) is 0 Å². The molecule has 0 aromatic heterocycles. The average Bonchev–Trinajstić information content (AvgIpc) is 2.11. The van der Waals surface area contributed by atoms with Gasteiger partial charge in [-0.05, 0) is 12.8 Å². The van der Waals surface area contributed by atoms with Crippen molar-refractivity contribution in [1.29, 1.82) is 0 Å². The van der Waals surface area contributed by atoms with Crippen molar-refractivity contribution in [3.8, 4) is 0 Å². The summed E-state index contributed by atoms with van der Waals surface area (Å²) in [6, 6.07) is 0. The molecule has 0 saturated carbocycles. The van der Waals surface area contributed by atoms with Gasteiger partial charge in [-0.2, -0.15) is 0 Å². The Kier molecular flexibility index (Phi) is 7.63. The van der Waals surface area contributed by atoms with E-state index in [9.17, 15) is 4.79 Å². The molecule has 4 nitrogen and oxygen atoms in total. The van der Waals surface area contributed by atoms with Crippen molar-refractivity contribution < 1.29 is 15.0 Å². The Hall–Kier alpha value is -0.610. The summed E-state index contributed by atoms with van der Waals surface area (Å²) in [7, 11) is 0. The second-order valence-electron chi connectivity index (χ2n) is 3.21. The first-order chi connectivity index (χ1) is 6.20. The minimum Gasteiger partial charge on any atom is -0.396 e. The summed E-state index contributed by atoms with van der Waals surface area (Å²) in [5, 5.41) is 20.2. The number of nitrogens with one attached hydrogen (secondary N) is 1. The van der Waals surface area contributed by atoms with Crippen LogP contribution in [-0.2, 0) is 4.79 Å². The number of carbonyl (C=O) groups is 1.